The van der Waals surface area contributed by atoms with Gasteiger partial charge in [0.05, 0.1) is 4.88 Å². The summed E-state index contributed by atoms with van der Waals surface area (Å²) >= 11 is 5.65. The van der Waals surface area contributed by atoms with E-state index >= 15 is 0 Å². The van der Waals surface area contributed by atoms with E-state index in [4.69, 9.17) is 0 Å². The van der Waals surface area contributed by atoms with Crippen molar-refractivity contribution in [2.75, 3.05) is 19.6 Å². The molecule has 1 aromatic rings. The lowest BCUT2D eigenvalue weighted by molar-refractivity contribution is -0.130. The summed E-state index contributed by atoms with van der Waals surface area (Å²) in [7, 11) is 0. The summed E-state index contributed by atoms with van der Waals surface area (Å²) in [6, 6.07) is 2.04. The first kappa shape index (κ1) is 12.0. The number of thiol groups is 1. The highest BCUT2D eigenvalue weighted by Crippen LogP contribution is 2.25. The first-order valence-corrected chi connectivity index (χ1v) is 7.34. The second-order valence-corrected chi connectivity index (χ2v) is 6.13. The Morgan fingerprint density at radius 2 is 2.28 bits per heavy atom. The van der Waals surface area contributed by atoms with Gasteiger partial charge in [-0.2, -0.15) is 0 Å². The predicted octanol–water partition coefficient (Wildman–Crippen LogP) is 1.48. The maximum Gasteiger partial charge on any atom is 0.264 e. The molecule has 1 atom stereocenters. The molecule has 0 radical (unpaired) electrons. The molecule has 1 unspecified atom stereocenters. The van der Waals surface area contributed by atoms with Crippen molar-refractivity contribution in [2.45, 2.75) is 23.8 Å². The van der Waals surface area contributed by atoms with Gasteiger partial charge in [0.15, 0.2) is 0 Å². The molecule has 0 N–H and O–H groups in total. The van der Waals surface area contributed by atoms with Gasteiger partial charge in [-0.1, -0.05) is 0 Å². The number of fused-ring (bicyclic) bond motifs is 1. The second-order valence-electron chi connectivity index (χ2n) is 4.70. The van der Waals surface area contributed by atoms with Crippen molar-refractivity contribution in [1.82, 2.24) is 9.80 Å². The molecule has 2 aliphatic rings. The van der Waals surface area contributed by atoms with Crippen LogP contribution in [0.3, 0.4) is 0 Å². The van der Waals surface area contributed by atoms with Gasteiger partial charge in [0.25, 0.3) is 5.91 Å². The highest BCUT2D eigenvalue weighted by Gasteiger charge is 2.37. The molecule has 0 saturated carbocycles. The maximum atomic E-state index is 12.3. The Hall–Kier alpha value is -1.01. The monoisotopic (exact) mass is 282 g/mol. The third-order valence-electron chi connectivity index (χ3n) is 3.58. The molecular formula is C12H14N2O2S2. The van der Waals surface area contributed by atoms with Crippen LogP contribution < -0.4 is 0 Å². The lowest BCUT2D eigenvalue weighted by atomic mass is 10.1. The first-order chi connectivity index (χ1) is 8.65. The van der Waals surface area contributed by atoms with Crippen molar-refractivity contribution in [2.24, 2.45) is 0 Å². The van der Waals surface area contributed by atoms with Gasteiger partial charge in [-0.25, -0.2) is 0 Å². The van der Waals surface area contributed by atoms with Crippen LogP contribution in [0.15, 0.2) is 16.3 Å². The summed E-state index contributed by atoms with van der Waals surface area (Å²) in [5.74, 6) is 0.306. The highest BCUT2D eigenvalue weighted by atomic mass is 32.1. The minimum absolute atomic E-state index is 0.0688. The fraction of sp³-hybridized carbons (Fsp3) is 0.500. The van der Waals surface area contributed by atoms with Gasteiger partial charge in [0.2, 0.25) is 5.91 Å². The van der Waals surface area contributed by atoms with Gasteiger partial charge in [-0.3, -0.25) is 9.59 Å². The standard InChI is InChI=1S/C12H14N2O2S2/c15-11-2-1-8-6-13(3-4-14(8)11)12(16)10-5-9(17)7-18-10/h5,7-8,17H,1-4,6H2. The minimum atomic E-state index is 0.0688. The number of hydrogen-bond acceptors (Lipinski definition) is 4. The number of carbonyl (C=O) groups excluding carboxylic acids is 2. The Kier molecular flexibility index (Phi) is 3.07. The molecule has 2 amide bonds. The first-order valence-electron chi connectivity index (χ1n) is 6.01. The molecule has 0 spiro atoms. The summed E-state index contributed by atoms with van der Waals surface area (Å²) in [5, 5.41) is 1.87. The Bertz CT molecular complexity index is 500. The summed E-state index contributed by atoms with van der Waals surface area (Å²) in [4.78, 5) is 29.2. The van der Waals surface area contributed by atoms with Crippen molar-refractivity contribution in [3.63, 3.8) is 0 Å². The fourth-order valence-electron chi connectivity index (χ4n) is 2.64. The van der Waals surface area contributed by atoms with Crippen molar-refractivity contribution in [1.29, 1.82) is 0 Å². The number of rotatable bonds is 1. The van der Waals surface area contributed by atoms with E-state index < -0.39 is 0 Å². The van der Waals surface area contributed by atoms with Crippen LogP contribution in [0.4, 0.5) is 0 Å². The molecule has 0 aromatic carbocycles. The molecule has 2 fully saturated rings. The largest absolute Gasteiger partial charge is 0.336 e. The Labute approximate surface area is 115 Å². The zero-order valence-corrected chi connectivity index (χ0v) is 11.5. The zero-order chi connectivity index (χ0) is 12.7. The third kappa shape index (κ3) is 2.03. The molecule has 2 aliphatic heterocycles. The van der Waals surface area contributed by atoms with E-state index in [1.807, 2.05) is 21.2 Å². The molecule has 0 aliphatic carbocycles. The molecule has 18 heavy (non-hydrogen) atoms. The molecule has 6 heteroatoms. The topological polar surface area (TPSA) is 40.6 Å². The Balaban J connectivity index is 1.71. The molecule has 2 saturated heterocycles. The average Bonchev–Trinajstić information content (AvgIpc) is 2.95. The number of carbonyl (C=O) groups is 2. The van der Waals surface area contributed by atoms with Gasteiger partial charge < -0.3 is 9.80 Å². The van der Waals surface area contributed by atoms with Gasteiger partial charge >= 0.3 is 0 Å². The quantitative estimate of drug-likeness (QED) is 0.793. The van der Waals surface area contributed by atoms with Crippen molar-refractivity contribution >= 4 is 35.8 Å². The zero-order valence-electron chi connectivity index (χ0n) is 9.83. The van der Waals surface area contributed by atoms with Gasteiger partial charge in [-0.15, -0.1) is 24.0 Å². The number of nitrogens with zero attached hydrogens (tertiary/aromatic N) is 2. The van der Waals surface area contributed by atoms with E-state index in [0.717, 1.165) is 16.2 Å². The van der Waals surface area contributed by atoms with Crippen LogP contribution in [-0.4, -0.2) is 47.3 Å². The van der Waals surface area contributed by atoms with E-state index in [9.17, 15) is 9.59 Å². The highest BCUT2D eigenvalue weighted by molar-refractivity contribution is 7.80. The second kappa shape index (κ2) is 4.59. The number of amides is 2. The molecule has 96 valence electrons. The molecule has 1 aromatic heterocycles. The molecule has 3 rings (SSSR count). The van der Waals surface area contributed by atoms with Crippen molar-refractivity contribution in [3.05, 3.63) is 16.3 Å². The Morgan fingerprint density at radius 1 is 1.44 bits per heavy atom. The van der Waals surface area contributed by atoms with Gasteiger partial charge in [0.1, 0.15) is 0 Å². The average molecular weight is 282 g/mol. The number of piperazine rings is 1. The van der Waals surface area contributed by atoms with Crippen molar-refractivity contribution in [3.8, 4) is 0 Å². The van der Waals surface area contributed by atoms with Crippen LogP contribution in [0.5, 0.6) is 0 Å². The van der Waals surface area contributed by atoms with Gasteiger partial charge in [-0.05, 0) is 12.5 Å². The molecule has 4 nitrogen and oxygen atoms in total. The van der Waals surface area contributed by atoms with Crippen LogP contribution in [0.1, 0.15) is 22.5 Å². The number of hydrogen-bond donors (Lipinski definition) is 1. The summed E-state index contributed by atoms with van der Waals surface area (Å²) in [6.45, 7) is 1.99. The van der Waals surface area contributed by atoms with Crippen LogP contribution in [0.25, 0.3) is 0 Å². The van der Waals surface area contributed by atoms with E-state index in [1.54, 1.807) is 0 Å². The van der Waals surface area contributed by atoms with Crippen molar-refractivity contribution < 1.29 is 9.59 Å². The molecule has 0 bridgehead atoms. The predicted molar refractivity (Wildman–Crippen MR) is 72.2 cm³/mol. The van der Waals surface area contributed by atoms with Crippen LogP contribution >= 0.6 is 24.0 Å². The molecular weight excluding hydrogens is 268 g/mol. The summed E-state index contributed by atoms with van der Waals surface area (Å²) in [5.41, 5.74) is 0. The maximum absolute atomic E-state index is 12.3. The van der Waals surface area contributed by atoms with Crippen LogP contribution in [-0.2, 0) is 4.79 Å². The number of thiophene rings is 1. The normalized spacial score (nSPS) is 23.4. The fourth-order valence-corrected chi connectivity index (χ4v) is 3.76. The van der Waals surface area contributed by atoms with E-state index in [0.29, 0.717) is 26.1 Å². The smallest absolute Gasteiger partial charge is 0.264 e. The van der Waals surface area contributed by atoms with E-state index in [2.05, 4.69) is 12.6 Å². The lowest BCUT2D eigenvalue weighted by Crippen LogP contribution is -2.53. The SMILES string of the molecule is O=C(c1cc(S)cs1)N1CCN2C(=O)CCC2C1. The van der Waals surface area contributed by atoms with Crippen LogP contribution in [0.2, 0.25) is 0 Å². The molecule has 3 heterocycles. The van der Waals surface area contributed by atoms with Crippen LogP contribution in [0, 0.1) is 0 Å². The summed E-state index contributed by atoms with van der Waals surface area (Å²) in [6.07, 6.45) is 1.51. The van der Waals surface area contributed by atoms with Gasteiger partial charge in [0, 0.05) is 42.4 Å². The van der Waals surface area contributed by atoms with E-state index in [1.165, 1.54) is 11.3 Å². The Morgan fingerprint density at radius 3 is 3.00 bits per heavy atom. The van der Waals surface area contributed by atoms with E-state index in [-0.39, 0.29) is 17.9 Å². The third-order valence-corrected chi connectivity index (χ3v) is 4.93. The minimum Gasteiger partial charge on any atom is -0.336 e. The summed E-state index contributed by atoms with van der Waals surface area (Å²) < 4.78 is 0. The lowest BCUT2D eigenvalue weighted by Gasteiger charge is -2.37.